The van der Waals surface area contributed by atoms with Gasteiger partial charge in [0.05, 0.1) is 0 Å². The van der Waals surface area contributed by atoms with Gasteiger partial charge in [-0.15, -0.1) is 11.6 Å². The van der Waals surface area contributed by atoms with E-state index in [0.29, 0.717) is 25.1 Å². The molecule has 3 nitrogen and oxygen atoms in total. The lowest BCUT2D eigenvalue weighted by Gasteiger charge is -2.35. The van der Waals surface area contributed by atoms with Gasteiger partial charge in [-0.25, -0.2) is 0 Å². The van der Waals surface area contributed by atoms with Crippen LogP contribution in [0.2, 0.25) is 0 Å². The normalized spacial score (nSPS) is 29.8. The smallest absolute Gasteiger partial charge is 0.254 e. The summed E-state index contributed by atoms with van der Waals surface area (Å²) in [5, 5.41) is 0. The van der Waals surface area contributed by atoms with Crippen molar-refractivity contribution >= 4 is 17.5 Å². The van der Waals surface area contributed by atoms with Crippen molar-refractivity contribution in [2.24, 2.45) is 0 Å². The molecule has 17 heavy (non-hydrogen) atoms. The van der Waals surface area contributed by atoms with Crippen LogP contribution in [0.25, 0.3) is 0 Å². The average Bonchev–Trinajstić information content (AvgIpc) is 2.96. The van der Waals surface area contributed by atoms with E-state index in [1.54, 1.807) is 0 Å². The van der Waals surface area contributed by atoms with Crippen molar-refractivity contribution in [1.82, 2.24) is 4.90 Å². The Morgan fingerprint density at radius 3 is 2.65 bits per heavy atom. The van der Waals surface area contributed by atoms with Gasteiger partial charge in [-0.05, 0) is 32.6 Å². The fraction of sp³-hybridized carbons (Fsp3) is 0.923. The standard InChI is InChI=1S/C13H22ClNO2/c1-13(7-4-10-17-13)12(16)15(9-8-14)11-5-2-3-6-11/h11H,2-10H2,1H3. The predicted molar refractivity (Wildman–Crippen MR) is 68.3 cm³/mol. The molecule has 0 radical (unpaired) electrons. The minimum Gasteiger partial charge on any atom is -0.365 e. The van der Waals surface area contributed by atoms with E-state index in [-0.39, 0.29) is 5.91 Å². The van der Waals surface area contributed by atoms with Crippen molar-refractivity contribution < 1.29 is 9.53 Å². The highest BCUT2D eigenvalue weighted by Gasteiger charge is 2.42. The zero-order valence-electron chi connectivity index (χ0n) is 10.6. The third kappa shape index (κ3) is 2.76. The number of alkyl halides is 1. The fourth-order valence-corrected chi connectivity index (χ4v) is 3.19. The molecule has 1 saturated carbocycles. The molecule has 1 saturated heterocycles. The molecule has 1 atom stereocenters. The highest BCUT2D eigenvalue weighted by molar-refractivity contribution is 6.18. The van der Waals surface area contributed by atoms with Crippen LogP contribution in [-0.4, -0.2) is 41.5 Å². The molecule has 1 amide bonds. The maximum Gasteiger partial charge on any atom is 0.254 e. The van der Waals surface area contributed by atoms with E-state index in [9.17, 15) is 4.79 Å². The number of halogens is 1. The first-order valence-electron chi connectivity index (χ1n) is 6.68. The van der Waals surface area contributed by atoms with E-state index in [1.165, 1.54) is 12.8 Å². The van der Waals surface area contributed by atoms with Gasteiger partial charge >= 0.3 is 0 Å². The first-order chi connectivity index (χ1) is 8.17. The molecule has 1 aliphatic heterocycles. The second-order valence-corrected chi connectivity index (χ2v) is 5.69. The van der Waals surface area contributed by atoms with Crippen LogP contribution in [0.5, 0.6) is 0 Å². The van der Waals surface area contributed by atoms with Crippen molar-refractivity contribution in [3.63, 3.8) is 0 Å². The first kappa shape index (κ1) is 13.2. The van der Waals surface area contributed by atoms with Crippen LogP contribution < -0.4 is 0 Å². The van der Waals surface area contributed by atoms with Gasteiger partial charge in [0.1, 0.15) is 5.60 Å². The van der Waals surface area contributed by atoms with Crippen LogP contribution in [0.4, 0.5) is 0 Å². The molecular formula is C13H22ClNO2. The van der Waals surface area contributed by atoms with Crippen molar-refractivity contribution in [3.8, 4) is 0 Å². The average molecular weight is 260 g/mol. The highest BCUT2D eigenvalue weighted by Crippen LogP contribution is 2.31. The summed E-state index contributed by atoms with van der Waals surface area (Å²) >= 11 is 5.84. The van der Waals surface area contributed by atoms with Crippen molar-refractivity contribution in [2.45, 2.75) is 57.1 Å². The minimum absolute atomic E-state index is 0.155. The fourth-order valence-electron chi connectivity index (χ4n) is 3.01. The lowest BCUT2D eigenvalue weighted by Crippen LogP contribution is -2.51. The zero-order chi connectivity index (χ0) is 12.3. The molecule has 0 N–H and O–H groups in total. The number of nitrogens with zero attached hydrogens (tertiary/aromatic N) is 1. The summed E-state index contributed by atoms with van der Waals surface area (Å²) in [4.78, 5) is 14.6. The number of ether oxygens (including phenoxy) is 1. The maximum absolute atomic E-state index is 12.6. The van der Waals surface area contributed by atoms with Gasteiger partial charge < -0.3 is 9.64 Å². The second-order valence-electron chi connectivity index (χ2n) is 5.31. The number of hydrogen-bond donors (Lipinski definition) is 0. The molecule has 0 bridgehead atoms. The monoisotopic (exact) mass is 259 g/mol. The van der Waals surface area contributed by atoms with E-state index < -0.39 is 5.60 Å². The van der Waals surface area contributed by atoms with Gasteiger partial charge in [-0.3, -0.25) is 4.79 Å². The van der Waals surface area contributed by atoms with E-state index >= 15 is 0 Å². The second kappa shape index (κ2) is 5.57. The molecule has 0 aromatic carbocycles. The van der Waals surface area contributed by atoms with Crippen LogP contribution >= 0.6 is 11.6 Å². The summed E-state index contributed by atoms with van der Waals surface area (Å²) < 4.78 is 5.65. The predicted octanol–water partition coefficient (Wildman–Crippen LogP) is 2.57. The Hall–Kier alpha value is -0.280. The van der Waals surface area contributed by atoms with Crippen LogP contribution in [0.3, 0.4) is 0 Å². The minimum atomic E-state index is -0.589. The Bertz CT molecular complexity index is 271. The molecule has 1 heterocycles. The number of carbonyl (C=O) groups is 1. The summed E-state index contributed by atoms with van der Waals surface area (Å²) in [6, 6.07) is 0.391. The number of amides is 1. The Balaban J connectivity index is 2.06. The zero-order valence-corrected chi connectivity index (χ0v) is 11.3. The molecule has 2 aliphatic rings. The topological polar surface area (TPSA) is 29.5 Å². The third-order valence-corrected chi connectivity index (χ3v) is 4.19. The lowest BCUT2D eigenvalue weighted by molar-refractivity contribution is -0.153. The van der Waals surface area contributed by atoms with E-state index in [4.69, 9.17) is 16.3 Å². The van der Waals surface area contributed by atoms with Crippen molar-refractivity contribution in [1.29, 1.82) is 0 Å². The molecule has 98 valence electrons. The summed E-state index contributed by atoms with van der Waals surface area (Å²) in [6.45, 7) is 3.30. The summed E-state index contributed by atoms with van der Waals surface area (Å²) in [6.07, 6.45) is 6.54. The summed E-state index contributed by atoms with van der Waals surface area (Å²) in [5.74, 6) is 0.667. The van der Waals surface area contributed by atoms with Gasteiger partial charge in [-0.2, -0.15) is 0 Å². The Labute approximate surface area is 108 Å². The Kier molecular flexibility index (Phi) is 4.31. The lowest BCUT2D eigenvalue weighted by atomic mass is 9.99. The van der Waals surface area contributed by atoms with Crippen LogP contribution in [0, 0.1) is 0 Å². The molecule has 0 aromatic rings. The summed E-state index contributed by atoms with van der Waals surface area (Å²) in [7, 11) is 0. The largest absolute Gasteiger partial charge is 0.365 e. The SMILES string of the molecule is CC1(C(=O)N(CCCl)C2CCCC2)CCCO1. The van der Waals surface area contributed by atoms with Gasteiger partial charge in [0, 0.05) is 25.1 Å². The van der Waals surface area contributed by atoms with E-state index in [2.05, 4.69) is 0 Å². The number of carbonyl (C=O) groups excluding carboxylic acids is 1. The van der Waals surface area contributed by atoms with Crippen LogP contribution in [0.15, 0.2) is 0 Å². The summed E-state index contributed by atoms with van der Waals surface area (Å²) in [5.41, 5.74) is -0.589. The van der Waals surface area contributed by atoms with Gasteiger partial charge in [0.15, 0.2) is 0 Å². The van der Waals surface area contributed by atoms with Crippen LogP contribution in [0.1, 0.15) is 45.4 Å². The van der Waals surface area contributed by atoms with Crippen molar-refractivity contribution in [2.75, 3.05) is 19.0 Å². The third-order valence-electron chi connectivity index (χ3n) is 4.02. The van der Waals surface area contributed by atoms with Gasteiger partial charge in [0.2, 0.25) is 0 Å². The number of hydrogen-bond acceptors (Lipinski definition) is 2. The maximum atomic E-state index is 12.6. The molecule has 2 rings (SSSR count). The quantitative estimate of drug-likeness (QED) is 0.727. The molecule has 0 spiro atoms. The first-order valence-corrected chi connectivity index (χ1v) is 7.22. The number of rotatable bonds is 4. The van der Waals surface area contributed by atoms with E-state index in [0.717, 1.165) is 25.7 Å². The van der Waals surface area contributed by atoms with E-state index in [1.807, 2.05) is 11.8 Å². The molecule has 0 aromatic heterocycles. The molecule has 1 aliphatic carbocycles. The molecular weight excluding hydrogens is 238 g/mol. The molecule has 2 fully saturated rings. The van der Waals surface area contributed by atoms with Crippen LogP contribution in [-0.2, 0) is 9.53 Å². The highest BCUT2D eigenvalue weighted by atomic mass is 35.5. The Morgan fingerprint density at radius 1 is 1.41 bits per heavy atom. The molecule has 1 unspecified atom stereocenters. The molecule has 4 heteroatoms. The van der Waals surface area contributed by atoms with Gasteiger partial charge in [0.25, 0.3) is 5.91 Å². The van der Waals surface area contributed by atoms with Crippen molar-refractivity contribution in [3.05, 3.63) is 0 Å². The Morgan fingerprint density at radius 2 is 2.12 bits per heavy atom. The van der Waals surface area contributed by atoms with Gasteiger partial charge in [-0.1, -0.05) is 12.8 Å².